The fraction of sp³-hybridized carbons (Fsp3) is 0.0833. The summed E-state index contributed by atoms with van der Waals surface area (Å²) in [5, 5.41) is 2.71. The van der Waals surface area contributed by atoms with Crippen molar-refractivity contribution in [3.05, 3.63) is 112 Å². The standard InChI is InChI=1S/C24H17ClF2N2O3/c25-16-7-9-21(31-14-17-4-1-2-11-28-17)15(12-16)13-18-8-10-22(32-18)24(30)29-23-19(26)5-3-6-20(23)27/h1-12H,13-14H2,(H,29,30). The lowest BCUT2D eigenvalue weighted by Crippen LogP contribution is -2.13. The fourth-order valence-electron chi connectivity index (χ4n) is 3.04. The molecule has 0 spiro atoms. The topological polar surface area (TPSA) is 64.4 Å². The largest absolute Gasteiger partial charge is 0.487 e. The monoisotopic (exact) mass is 454 g/mol. The molecule has 0 atom stereocenters. The van der Waals surface area contributed by atoms with Gasteiger partial charge in [0.25, 0.3) is 5.91 Å². The summed E-state index contributed by atoms with van der Waals surface area (Å²) >= 11 is 6.14. The Morgan fingerprint density at radius 1 is 1.03 bits per heavy atom. The lowest BCUT2D eigenvalue weighted by Gasteiger charge is -2.11. The number of benzene rings is 2. The quantitative estimate of drug-likeness (QED) is 0.370. The second kappa shape index (κ2) is 9.62. The maximum Gasteiger partial charge on any atom is 0.291 e. The van der Waals surface area contributed by atoms with Crippen molar-refractivity contribution in [2.75, 3.05) is 5.32 Å². The summed E-state index contributed by atoms with van der Waals surface area (Å²) in [6.45, 7) is 0.273. The van der Waals surface area contributed by atoms with Crippen LogP contribution in [-0.4, -0.2) is 10.9 Å². The molecule has 2 aromatic carbocycles. The van der Waals surface area contributed by atoms with Gasteiger partial charge in [0.2, 0.25) is 0 Å². The number of rotatable bonds is 7. The number of carbonyl (C=O) groups excluding carboxylic acids is 1. The summed E-state index contributed by atoms with van der Waals surface area (Å²) < 4.78 is 39.0. The predicted molar refractivity (Wildman–Crippen MR) is 116 cm³/mol. The van der Waals surface area contributed by atoms with Crippen LogP contribution in [0.3, 0.4) is 0 Å². The smallest absolute Gasteiger partial charge is 0.291 e. The number of hydrogen-bond donors (Lipinski definition) is 1. The van der Waals surface area contributed by atoms with E-state index < -0.39 is 23.2 Å². The number of halogens is 3. The van der Waals surface area contributed by atoms with Gasteiger partial charge in [0.05, 0.1) is 5.69 Å². The first-order valence-corrected chi connectivity index (χ1v) is 10.0. The molecule has 0 radical (unpaired) electrons. The number of nitrogens with one attached hydrogen (secondary N) is 1. The van der Waals surface area contributed by atoms with Crippen LogP contribution in [0.15, 0.2) is 77.3 Å². The van der Waals surface area contributed by atoms with Crippen molar-refractivity contribution in [1.29, 1.82) is 0 Å². The molecule has 0 fully saturated rings. The van der Waals surface area contributed by atoms with Gasteiger partial charge in [-0.3, -0.25) is 9.78 Å². The van der Waals surface area contributed by atoms with E-state index >= 15 is 0 Å². The zero-order valence-electron chi connectivity index (χ0n) is 16.6. The zero-order chi connectivity index (χ0) is 22.5. The van der Waals surface area contributed by atoms with Crippen molar-refractivity contribution in [1.82, 2.24) is 4.98 Å². The van der Waals surface area contributed by atoms with Gasteiger partial charge >= 0.3 is 0 Å². The summed E-state index contributed by atoms with van der Waals surface area (Å²) in [5.74, 6) is -1.55. The van der Waals surface area contributed by atoms with Gasteiger partial charge < -0.3 is 14.5 Å². The molecule has 0 bridgehead atoms. The molecule has 2 aromatic heterocycles. The Bertz CT molecular complexity index is 1220. The number of furan rings is 1. The van der Waals surface area contributed by atoms with E-state index in [1.165, 1.54) is 12.1 Å². The summed E-state index contributed by atoms with van der Waals surface area (Å²) in [6.07, 6.45) is 1.98. The molecule has 5 nitrogen and oxygen atoms in total. The average molecular weight is 455 g/mol. The van der Waals surface area contributed by atoms with E-state index in [9.17, 15) is 13.6 Å². The molecule has 1 amide bonds. The van der Waals surface area contributed by atoms with E-state index in [4.69, 9.17) is 20.8 Å². The van der Waals surface area contributed by atoms with Crippen LogP contribution < -0.4 is 10.1 Å². The number of aromatic nitrogens is 1. The second-order valence-corrected chi connectivity index (χ2v) is 7.29. The first-order valence-electron chi connectivity index (χ1n) is 9.65. The van der Waals surface area contributed by atoms with Gasteiger partial charge in [-0.15, -0.1) is 0 Å². The summed E-state index contributed by atoms with van der Waals surface area (Å²) in [5.41, 5.74) is 0.983. The molecule has 162 valence electrons. The molecule has 32 heavy (non-hydrogen) atoms. The van der Waals surface area contributed by atoms with Crippen molar-refractivity contribution in [3.63, 3.8) is 0 Å². The normalized spacial score (nSPS) is 10.7. The van der Waals surface area contributed by atoms with Crippen molar-refractivity contribution in [2.24, 2.45) is 0 Å². The number of pyridine rings is 1. The highest BCUT2D eigenvalue weighted by atomic mass is 35.5. The highest BCUT2D eigenvalue weighted by molar-refractivity contribution is 6.30. The first-order chi connectivity index (χ1) is 15.5. The van der Waals surface area contributed by atoms with Crippen LogP contribution >= 0.6 is 11.6 Å². The number of anilines is 1. The number of ether oxygens (including phenoxy) is 1. The lowest BCUT2D eigenvalue weighted by molar-refractivity contribution is 0.0994. The third kappa shape index (κ3) is 5.12. The van der Waals surface area contributed by atoms with E-state index in [0.717, 1.165) is 23.4 Å². The molecule has 0 saturated heterocycles. The number of nitrogens with zero attached hydrogens (tertiary/aromatic N) is 1. The maximum atomic E-state index is 13.8. The Balaban J connectivity index is 1.48. The van der Waals surface area contributed by atoms with Crippen LogP contribution in [0.1, 0.15) is 27.6 Å². The maximum absolute atomic E-state index is 13.8. The van der Waals surface area contributed by atoms with Crippen LogP contribution in [0.2, 0.25) is 5.02 Å². The van der Waals surface area contributed by atoms with Crippen molar-refractivity contribution in [3.8, 4) is 5.75 Å². The minimum absolute atomic E-state index is 0.0827. The highest BCUT2D eigenvalue weighted by Crippen LogP contribution is 2.27. The van der Waals surface area contributed by atoms with Gasteiger partial charge in [0.15, 0.2) is 5.76 Å². The molecule has 0 aliphatic carbocycles. The van der Waals surface area contributed by atoms with Crippen LogP contribution in [0.25, 0.3) is 0 Å². The number of amides is 1. The highest BCUT2D eigenvalue weighted by Gasteiger charge is 2.17. The molecule has 8 heteroatoms. The Hall–Kier alpha value is -3.71. The molecular formula is C24H17ClF2N2O3. The van der Waals surface area contributed by atoms with Crippen molar-refractivity contribution >= 4 is 23.2 Å². The number of hydrogen-bond acceptors (Lipinski definition) is 4. The van der Waals surface area contributed by atoms with Crippen molar-refractivity contribution < 1.29 is 22.7 Å². The van der Waals surface area contributed by atoms with Crippen molar-refractivity contribution in [2.45, 2.75) is 13.0 Å². The predicted octanol–water partition coefficient (Wildman–Crippen LogP) is 6.03. The van der Waals surface area contributed by atoms with Gasteiger partial charge in [-0.2, -0.15) is 0 Å². The van der Waals surface area contributed by atoms with E-state index in [1.807, 2.05) is 18.2 Å². The van der Waals surface area contributed by atoms with Crippen LogP contribution in [0, 0.1) is 11.6 Å². The third-order valence-corrected chi connectivity index (χ3v) is 4.81. The molecule has 0 unspecified atom stereocenters. The Labute approximate surface area is 187 Å². The number of carbonyl (C=O) groups is 1. The molecule has 4 rings (SSSR count). The van der Waals surface area contributed by atoms with E-state index in [1.54, 1.807) is 30.5 Å². The second-order valence-electron chi connectivity index (χ2n) is 6.86. The molecule has 0 aliphatic rings. The fourth-order valence-corrected chi connectivity index (χ4v) is 3.23. The molecule has 0 aliphatic heterocycles. The number of para-hydroxylation sites is 1. The zero-order valence-corrected chi connectivity index (χ0v) is 17.4. The van der Waals surface area contributed by atoms with Gasteiger partial charge in [-0.25, -0.2) is 8.78 Å². The first kappa shape index (κ1) is 21.5. The Kier molecular flexibility index (Phi) is 6.47. The van der Waals surface area contributed by atoms with E-state index in [0.29, 0.717) is 23.0 Å². The molecule has 1 N–H and O–H groups in total. The van der Waals surface area contributed by atoms with Gasteiger partial charge in [0.1, 0.15) is 35.4 Å². The SMILES string of the molecule is O=C(Nc1c(F)cccc1F)c1ccc(Cc2cc(Cl)ccc2OCc2ccccn2)o1. The van der Waals surface area contributed by atoms with E-state index in [2.05, 4.69) is 10.3 Å². The summed E-state index contributed by atoms with van der Waals surface area (Å²) in [7, 11) is 0. The van der Waals surface area contributed by atoms with Crippen LogP contribution in [-0.2, 0) is 13.0 Å². The summed E-state index contributed by atoms with van der Waals surface area (Å²) in [6, 6.07) is 17.1. The minimum atomic E-state index is -0.876. The average Bonchev–Trinajstić information content (AvgIpc) is 3.25. The Morgan fingerprint density at radius 2 is 1.84 bits per heavy atom. The Morgan fingerprint density at radius 3 is 2.59 bits per heavy atom. The van der Waals surface area contributed by atoms with E-state index in [-0.39, 0.29) is 12.4 Å². The molecular weight excluding hydrogens is 438 g/mol. The molecule has 2 heterocycles. The third-order valence-electron chi connectivity index (χ3n) is 4.58. The molecule has 0 saturated carbocycles. The van der Waals surface area contributed by atoms with Crippen LogP contribution in [0.4, 0.5) is 14.5 Å². The lowest BCUT2D eigenvalue weighted by atomic mass is 10.1. The molecule has 4 aromatic rings. The minimum Gasteiger partial charge on any atom is -0.487 e. The summed E-state index contributed by atoms with van der Waals surface area (Å²) in [4.78, 5) is 16.6. The van der Waals surface area contributed by atoms with Gasteiger partial charge in [-0.1, -0.05) is 23.7 Å². The van der Waals surface area contributed by atoms with Gasteiger partial charge in [0, 0.05) is 23.2 Å². The van der Waals surface area contributed by atoms with Crippen LogP contribution in [0.5, 0.6) is 5.75 Å². The van der Waals surface area contributed by atoms with Gasteiger partial charge in [-0.05, 0) is 54.6 Å².